The summed E-state index contributed by atoms with van der Waals surface area (Å²) >= 11 is 4.14. The molecule has 6 nitrogen and oxygen atoms in total. The van der Waals surface area contributed by atoms with E-state index in [2.05, 4.69) is 32.5 Å². The highest BCUT2D eigenvalue weighted by Crippen LogP contribution is 2.24. The van der Waals surface area contributed by atoms with Crippen LogP contribution in [0, 0.1) is 6.92 Å². The van der Waals surface area contributed by atoms with E-state index < -0.39 is 0 Å². The average molecular weight is 337 g/mol. The Kier molecular flexibility index (Phi) is 6.58. The summed E-state index contributed by atoms with van der Waals surface area (Å²) < 4.78 is 5.98. The van der Waals surface area contributed by atoms with Gasteiger partial charge in [0.15, 0.2) is 0 Å². The highest BCUT2D eigenvalue weighted by molar-refractivity contribution is 6.11. The number of halogens is 1. The molecule has 0 spiro atoms. The van der Waals surface area contributed by atoms with Gasteiger partial charge in [0.1, 0.15) is 11.9 Å². The molecule has 0 radical (unpaired) electrons. The molecule has 0 atom stereocenters. The Morgan fingerprint density at radius 1 is 1.22 bits per heavy atom. The van der Waals surface area contributed by atoms with Crippen LogP contribution < -0.4 is 20.9 Å². The summed E-state index contributed by atoms with van der Waals surface area (Å²) in [4.78, 5) is 11.4. The standard InChI is InChI=1S/C16H19N3O2.ClH2N/c1-11-15(10-16(20)19-18-11)12-2-4-13(5-3-12)21-14-6-8-17-9-7-14;1-2/h2-5,10,14,17H,6-9H2,1H3,(H,19,20);2H2. The fourth-order valence-corrected chi connectivity index (χ4v) is 2.58. The van der Waals surface area contributed by atoms with Crippen molar-refractivity contribution >= 4 is 11.8 Å². The average Bonchev–Trinajstić information content (AvgIpc) is 2.61. The summed E-state index contributed by atoms with van der Waals surface area (Å²) in [7, 11) is 0. The lowest BCUT2D eigenvalue weighted by Crippen LogP contribution is -2.34. The van der Waals surface area contributed by atoms with Crippen molar-refractivity contribution in [3.8, 4) is 16.9 Å². The van der Waals surface area contributed by atoms with Gasteiger partial charge in [0.25, 0.3) is 5.56 Å². The molecule has 1 aliphatic rings. The zero-order valence-electron chi connectivity index (χ0n) is 13.0. The molecule has 3 rings (SSSR count). The molecule has 0 amide bonds. The van der Waals surface area contributed by atoms with Gasteiger partial charge in [-0.05, 0) is 62.3 Å². The smallest absolute Gasteiger partial charge is 0.264 e. The van der Waals surface area contributed by atoms with Gasteiger partial charge in [-0.3, -0.25) is 4.79 Å². The molecule has 2 aromatic rings. The summed E-state index contributed by atoms with van der Waals surface area (Å²) in [6.07, 6.45) is 2.37. The van der Waals surface area contributed by atoms with Crippen LogP contribution in [0.3, 0.4) is 0 Å². The fourth-order valence-electron chi connectivity index (χ4n) is 2.58. The van der Waals surface area contributed by atoms with Crippen molar-refractivity contribution in [3.63, 3.8) is 0 Å². The van der Waals surface area contributed by atoms with Crippen LogP contribution in [-0.2, 0) is 0 Å². The Balaban J connectivity index is 0.000000924. The first kappa shape index (κ1) is 17.5. The molecule has 0 bridgehead atoms. The van der Waals surface area contributed by atoms with E-state index in [9.17, 15) is 4.79 Å². The minimum atomic E-state index is -0.189. The molecule has 1 aliphatic heterocycles. The van der Waals surface area contributed by atoms with Crippen LogP contribution in [0.5, 0.6) is 5.75 Å². The third-order valence-corrected chi connectivity index (χ3v) is 3.75. The predicted molar refractivity (Wildman–Crippen MR) is 91.6 cm³/mol. The Bertz CT molecular complexity index is 667. The maximum Gasteiger partial charge on any atom is 0.264 e. The third-order valence-electron chi connectivity index (χ3n) is 3.75. The van der Waals surface area contributed by atoms with Gasteiger partial charge in [-0.2, -0.15) is 5.10 Å². The highest BCUT2D eigenvalue weighted by atomic mass is 35.5. The molecule has 23 heavy (non-hydrogen) atoms. The van der Waals surface area contributed by atoms with E-state index in [-0.39, 0.29) is 5.56 Å². The maximum atomic E-state index is 11.4. The number of aromatic amines is 1. The lowest BCUT2D eigenvalue weighted by atomic mass is 10.1. The van der Waals surface area contributed by atoms with Gasteiger partial charge in [0.2, 0.25) is 0 Å². The van der Waals surface area contributed by atoms with Crippen LogP contribution in [0.1, 0.15) is 18.5 Å². The summed E-state index contributed by atoms with van der Waals surface area (Å²) in [6, 6.07) is 9.43. The Hall–Kier alpha value is -1.89. The molecule has 0 saturated carbocycles. The number of H-pyrrole nitrogens is 1. The van der Waals surface area contributed by atoms with Crippen molar-refractivity contribution < 1.29 is 4.74 Å². The number of nitrogens with zero attached hydrogens (tertiary/aromatic N) is 1. The number of aromatic nitrogens is 2. The lowest BCUT2D eigenvalue weighted by molar-refractivity contribution is 0.162. The molecule has 1 saturated heterocycles. The van der Waals surface area contributed by atoms with E-state index >= 15 is 0 Å². The number of hydrogen-bond acceptors (Lipinski definition) is 5. The molecule has 1 fully saturated rings. The van der Waals surface area contributed by atoms with Crippen molar-refractivity contribution in [3.05, 3.63) is 46.4 Å². The van der Waals surface area contributed by atoms with Crippen molar-refractivity contribution in [2.24, 2.45) is 5.25 Å². The van der Waals surface area contributed by atoms with Crippen LogP contribution in [0.15, 0.2) is 35.1 Å². The number of nitrogens with one attached hydrogen (secondary N) is 2. The van der Waals surface area contributed by atoms with Crippen molar-refractivity contribution in [2.45, 2.75) is 25.9 Å². The van der Waals surface area contributed by atoms with Gasteiger partial charge >= 0.3 is 0 Å². The monoisotopic (exact) mass is 336 g/mol. The number of hydrogen-bond donors (Lipinski definition) is 3. The molecule has 0 aliphatic carbocycles. The number of aryl methyl sites for hydroxylation is 1. The number of nitrogens with two attached hydrogens (primary N) is 1. The second kappa shape index (κ2) is 8.67. The van der Waals surface area contributed by atoms with Gasteiger partial charge in [-0.25, -0.2) is 10.4 Å². The molecular weight excluding hydrogens is 316 g/mol. The molecule has 1 aromatic heterocycles. The van der Waals surface area contributed by atoms with E-state index in [4.69, 9.17) is 4.74 Å². The number of piperidine rings is 1. The predicted octanol–water partition coefficient (Wildman–Crippen LogP) is 1.98. The quantitative estimate of drug-likeness (QED) is 0.745. The molecule has 1 aromatic carbocycles. The molecule has 7 heteroatoms. The fraction of sp³-hybridized carbons (Fsp3) is 0.375. The van der Waals surface area contributed by atoms with E-state index in [1.807, 2.05) is 31.2 Å². The summed E-state index contributed by atoms with van der Waals surface area (Å²) in [5.74, 6) is 0.876. The van der Waals surface area contributed by atoms with Crippen LogP contribution in [0.25, 0.3) is 11.1 Å². The maximum absolute atomic E-state index is 11.4. The Morgan fingerprint density at radius 2 is 1.87 bits per heavy atom. The van der Waals surface area contributed by atoms with Gasteiger partial charge in [-0.15, -0.1) is 0 Å². The number of ether oxygens (including phenoxy) is 1. The van der Waals surface area contributed by atoms with E-state index in [0.717, 1.165) is 48.5 Å². The third kappa shape index (κ3) is 4.79. The van der Waals surface area contributed by atoms with E-state index in [1.165, 1.54) is 0 Å². The minimum Gasteiger partial charge on any atom is -0.490 e. The lowest BCUT2D eigenvalue weighted by Gasteiger charge is -2.23. The zero-order valence-corrected chi connectivity index (χ0v) is 13.8. The summed E-state index contributed by atoms with van der Waals surface area (Å²) in [5.41, 5.74) is 2.45. The van der Waals surface area contributed by atoms with Crippen LogP contribution in [-0.4, -0.2) is 29.4 Å². The number of benzene rings is 1. The van der Waals surface area contributed by atoms with E-state index in [1.54, 1.807) is 6.07 Å². The normalized spacial score (nSPS) is 14.7. The second-order valence-corrected chi connectivity index (χ2v) is 5.32. The first-order chi connectivity index (χ1) is 11.2. The van der Waals surface area contributed by atoms with E-state index in [0.29, 0.717) is 6.10 Å². The van der Waals surface area contributed by atoms with Crippen molar-refractivity contribution in [1.82, 2.24) is 15.5 Å². The molecule has 2 heterocycles. The minimum absolute atomic E-state index is 0.189. The Morgan fingerprint density at radius 3 is 2.52 bits per heavy atom. The zero-order chi connectivity index (χ0) is 16.7. The first-order valence-electron chi connectivity index (χ1n) is 7.48. The van der Waals surface area contributed by atoms with Crippen molar-refractivity contribution in [2.75, 3.05) is 13.1 Å². The highest BCUT2D eigenvalue weighted by Gasteiger charge is 2.14. The molecular formula is C16H21ClN4O2. The van der Waals surface area contributed by atoms with Crippen LogP contribution in [0.2, 0.25) is 0 Å². The topological polar surface area (TPSA) is 93.0 Å². The van der Waals surface area contributed by atoms with Gasteiger partial charge < -0.3 is 10.1 Å². The second-order valence-electron chi connectivity index (χ2n) is 5.32. The molecule has 4 N–H and O–H groups in total. The van der Waals surface area contributed by atoms with Crippen molar-refractivity contribution in [1.29, 1.82) is 0 Å². The van der Waals surface area contributed by atoms with Crippen LogP contribution in [0.4, 0.5) is 0 Å². The Labute approximate surface area is 140 Å². The van der Waals surface area contributed by atoms with Gasteiger partial charge in [0.05, 0.1) is 5.69 Å². The van der Waals surface area contributed by atoms with Gasteiger partial charge in [-0.1, -0.05) is 12.1 Å². The number of rotatable bonds is 3. The first-order valence-corrected chi connectivity index (χ1v) is 7.92. The van der Waals surface area contributed by atoms with Crippen LogP contribution >= 0.6 is 11.8 Å². The summed E-state index contributed by atoms with van der Waals surface area (Å²) in [5, 5.41) is 13.7. The summed E-state index contributed by atoms with van der Waals surface area (Å²) in [6.45, 7) is 3.91. The SMILES string of the molecule is Cc1n[nH]c(=O)cc1-c1ccc(OC2CCNCC2)cc1.NCl. The molecule has 0 unspecified atom stereocenters. The van der Waals surface area contributed by atoms with Gasteiger partial charge in [0, 0.05) is 11.6 Å². The largest absolute Gasteiger partial charge is 0.490 e. The molecule has 124 valence electrons.